The molecule has 0 unspecified atom stereocenters. The van der Waals surface area contributed by atoms with Gasteiger partial charge in [0.1, 0.15) is 12.4 Å². The minimum Gasteiger partial charge on any atom is -0.489 e. The lowest BCUT2D eigenvalue weighted by Crippen LogP contribution is -2.29. The van der Waals surface area contributed by atoms with Crippen molar-refractivity contribution < 1.29 is 32.2 Å². The molecule has 3 aromatic carbocycles. The van der Waals surface area contributed by atoms with Crippen molar-refractivity contribution in [1.29, 1.82) is 0 Å². The largest absolute Gasteiger partial charge is 0.491 e. The average molecular weight is 498 g/mol. The summed E-state index contributed by atoms with van der Waals surface area (Å²) in [5, 5.41) is 0. The topological polar surface area (TPSA) is 55.8 Å². The van der Waals surface area contributed by atoms with Crippen LogP contribution in [0.25, 0.3) is 0 Å². The molecule has 0 saturated carbocycles. The lowest BCUT2D eigenvalue weighted by atomic mass is 9.99. The van der Waals surface area contributed by atoms with Crippen LogP contribution in [-0.2, 0) is 46.9 Å². The Hall–Kier alpha value is -3.65. The first kappa shape index (κ1) is 25.4. The number of carbonyl (C=O) groups is 2. The predicted molar refractivity (Wildman–Crippen MR) is 127 cm³/mol. The number of esters is 2. The molecule has 36 heavy (non-hydrogen) atoms. The molecule has 0 aromatic heterocycles. The summed E-state index contributed by atoms with van der Waals surface area (Å²) in [5.74, 6) is -3.09. The van der Waals surface area contributed by atoms with Crippen molar-refractivity contribution in [1.82, 2.24) is 4.90 Å². The third-order valence-corrected chi connectivity index (χ3v) is 6.02. The number of halogens is 3. The fourth-order valence-corrected chi connectivity index (χ4v) is 4.07. The minimum atomic E-state index is -5.19. The van der Waals surface area contributed by atoms with E-state index in [2.05, 4.69) is 58.2 Å². The number of aryl methyl sites for hydroxylation is 1. The van der Waals surface area contributed by atoms with Crippen LogP contribution in [0.3, 0.4) is 0 Å². The Morgan fingerprint density at radius 2 is 1.47 bits per heavy atom. The lowest BCUT2D eigenvalue weighted by Gasteiger charge is -2.28. The van der Waals surface area contributed by atoms with Crippen LogP contribution in [0, 0.1) is 0 Å². The minimum absolute atomic E-state index is 0.147. The van der Waals surface area contributed by atoms with Crippen molar-refractivity contribution in [2.75, 3.05) is 6.54 Å². The van der Waals surface area contributed by atoms with Crippen LogP contribution >= 0.6 is 0 Å². The van der Waals surface area contributed by atoms with Crippen molar-refractivity contribution in [3.05, 3.63) is 101 Å². The molecular formula is C28H26F3NO4. The van der Waals surface area contributed by atoms with Gasteiger partial charge in [0.2, 0.25) is 0 Å². The van der Waals surface area contributed by atoms with Crippen LogP contribution < -0.4 is 4.74 Å². The van der Waals surface area contributed by atoms with E-state index in [0.717, 1.165) is 31.6 Å². The molecule has 0 aliphatic carbocycles. The van der Waals surface area contributed by atoms with Gasteiger partial charge in [-0.1, -0.05) is 60.7 Å². The summed E-state index contributed by atoms with van der Waals surface area (Å²) in [6, 6.07) is 23.8. The summed E-state index contributed by atoms with van der Waals surface area (Å²) >= 11 is 0. The van der Waals surface area contributed by atoms with Gasteiger partial charge in [-0.15, -0.1) is 0 Å². The fraction of sp³-hybridized carbons (Fsp3) is 0.286. The van der Waals surface area contributed by atoms with E-state index in [1.54, 1.807) is 24.3 Å². The number of hydrogen-bond acceptors (Lipinski definition) is 5. The van der Waals surface area contributed by atoms with Gasteiger partial charge < -0.3 is 9.47 Å². The summed E-state index contributed by atoms with van der Waals surface area (Å²) in [7, 11) is 0. The molecule has 4 rings (SSSR count). The maximum atomic E-state index is 12.1. The van der Waals surface area contributed by atoms with Gasteiger partial charge in [-0.25, -0.2) is 4.79 Å². The molecule has 5 nitrogen and oxygen atoms in total. The first-order valence-corrected chi connectivity index (χ1v) is 11.7. The van der Waals surface area contributed by atoms with Crippen LogP contribution in [0.4, 0.5) is 13.2 Å². The van der Waals surface area contributed by atoms with E-state index in [0.29, 0.717) is 17.9 Å². The maximum absolute atomic E-state index is 12.1. The molecule has 8 heteroatoms. The van der Waals surface area contributed by atoms with Gasteiger partial charge in [0.05, 0.1) is 6.42 Å². The van der Waals surface area contributed by atoms with Crippen LogP contribution in [-0.4, -0.2) is 29.6 Å². The fourth-order valence-electron chi connectivity index (χ4n) is 4.07. The van der Waals surface area contributed by atoms with Crippen LogP contribution in [0.5, 0.6) is 5.75 Å². The molecule has 0 radical (unpaired) electrons. The van der Waals surface area contributed by atoms with Gasteiger partial charge in [0.15, 0.2) is 0 Å². The zero-order chi connectivity index (χ0) is 25.5. The Kier molecular flexibility index (Phi) is 8.05. The molecule has 0 saturated heterocycles. The van der Waals surface area contributed by atoms with Gasteiger partial charge >= 0.3 is 18.1 Å². The zero-order valence-corrected chi connectivity index (χ0v) is 19.6. The van der Waals surface area contributed by atoms with Crippen LogP contribution in [0.15, 0.2) is 72.8 Å². The molecule has 0 amide bonds. The normalized spacial score (nSPS) is 13.6. The zero-order valence-electron chi connectivity index (χ0n) is 19.6. The number of alkyl halides is 3. The number of nitrogens with zero attached hydrogens (tertiary/aromatic N) is 1. The second-order valence-electron chi connectivity index (χ2n) is 8.74. The van der Waals surface area contributed by atoms with E-state index in [4.69, 9.17) is 4.74 Å². The van der Waals surface area contributed by atoms with Gasteiger partial charge in [0.25, 0.3) is 0 Å². The molecule has 0 N–H and O–H groups in total. The van der Waals surface area contributed by atoms with Crippen LogP contribution in [0.2, 0.25) is 0 Å². The summed E-state index contributed by atoms with van der Waals surface area (Å²) in [4.78, 5) is 24.5. The molecule has 1 heterocycles. The van der Waals surface area contributed by atoms with Crippen molar-refractivity contribution >= 4 is 11.9 Å². The molecular weight excluding hydrogens is 471 g/mol. The smallest absolute Gasteiger partial charge is 0.489 e. The van der Waals surface area contributed by atoms with E-state index >= 15 is 0 Å². The number of benzene rings is 3. The molecule has 0 spiro atoms. The number of carbonyl (C=O) groups excluding carboxylic acids is 2. The van der Waals surface area contributed by atoms with Crippen LogP contribution in [0.1, 0.15) is 34.2 Å². The molecule has 1 aliphatic rings. The number of fused-ring (bicyclic) bond motifs is 1. The van der Waals surface area contributed by atoms with Gasteiger partial charge in [-0.2, -0.15) is 13.2 Å². The highest BCUT2D eigenvalue weighted by Crippen LogP contribution is 2.21. The number of rotatable bonds is 8. The Balaban J connectivity index is 1.20. The van der Waals surface area contributed by atoms with E-state index in [9.17, 15) is 22.8 Å². The Morgan fingerprint density at radius 3 is 2.17 bits per heavy atom. The summed E-state index contributed by atoms with van der Waals surface area (Å²) in [6.45, 7) is 3.30. The Labute approximate surface area is 207 Å². The highest BCUT2D eigenvalue weighted by molar-refractivity contribution is 5.88. The van der Waals surface area contributed by atoms with Crippen molar-refractivity contribution in [2.45, 2.75) is 45.1 Å². The molecule has 0 atom stereocenters. The first-order chi connectivity index (χ1) is 17.3. The van der Waals surface area contributed by atoms with Crippen molar-refractivity contribution in [3.8, 4) is 5.75 Å². The molecule has 1 aliphatic heterocycles. The monoisotopic (exact) mass is 497 g/mol. The second-order valence-corrected chi connectivity index (χ2v) is 8.74. The maximum Gasteiger partial charge on any atom is 0.491 e. The Bertz CT molecular complexity index is 1190. The highest BCUT2D eigenvalue weighted by Gasteiger charge is 2.42. The summed E-state index contributed by atoms with van der Waals surface area (Å²) in [5.41, 5.74) is 5.83. The van der Waals surface area contributed by atoms with E-state index in [1.807, 2.05) is 0 Å². The molecule has 0 bridgehead atoms. The highest BCUT2D eigenvalue weighted by atomic mass is 19.4. The van der Waals surface area contributed by atoms with E-state index < -0.39 is 18.1 Å². The van der Waals surface area contributed by atoms with Crippen molar-refractivity contribution in [3.63, 3.8) is 0 Å². The molecule has 0 fully saturated rings. The quantitative estimate of drug-likeness (QED) is 0.309. The summed E-state index contributed by atoms with van der Waals surface area (Å²) < 4.78 is 46.0. The number of ether oxygens (including phenoxy) is 2. The third kappa shape index (κ3) is 7.18. The van der Waals surface area contributed by atoms with E-state index in [-0.39, 0.29) is 12.8 Å². The van der Waals surface area contributed by atoms with E-state index in [1.165, 1.54) is 16.7 Å². The average Bonchev–Trinajstić information content (AvgIpc) is 2.87. The SMILES string of the molecule is O=C(CCc1ccc(OCc2ccc(CN3CCc4ccccc4C3)cc2)cc1)OC(=O)C(F)(F)F. The second kappa shape index (κ2) is 11.4. The van der Waals surface area contributed by atoms with Gasteiger partial charge in [-0.3, -0.25) is 9.69 Å². The first-order valence-electron chi connectivity index (χ1n) is 11.7. The Morgan fingerprint density at radius 1 is 0.833 bits per heavy atom. The predicted octanol–water partition coefficient (Wildman–Crippen LogP) is 5.39. The van der Waals surface area contributed by atoms with Gasteiger partial charge in [-0.05, 0) is 52.8 Å². The lowest BCUT2D eigenvalue weighted by molar-refractivity contribution is -0.201. The van der Waals surface area contributed by atoms with Crippen molar-refractivity contribution in [2.24, 2.45) is 0 Å². The number of hydrogen-bond donors (Lipinski definition) is 0. The molecule has 188 valence electrons. The summed E-state index contributed by atoms with van der Waals surface area (Å²) in [6.07, 6.45) is -4.30. The standard InChI is InChI=1S/C28H26F3NO4/c29-28(30,31)27(34)36-26(33)14-11-20-9-12-25(13-10-20)35-19-22-7-5-21(6-8-22)17-32-16-15-23-3-1-2-4-24(23)18-32/h1-10,12-13H,11,14-19H2. The third-order valence-electron chi connectivity index (χ3n) is 6.02. The molecule has 3 aromatic rings. The van der Waals surface area contributed by atoms with Gasteiger partial charge in [0, 0.05) is 19.6 Å².